The van der Waals surface area contributed by atoms with Gasteiger partial charge in [-0.2, -0.15) is 0 Å². The first-order valence-electron chi connectivity index (χ1n) is 18.1. The summed E-state index contributed by atoms with van der Waals surface area (Å²) in [5, 5.41) is 51.5. The Morgan fingerprint density at radius 2 is 1.58 bits per heavy atom. The normalized spacial score (nSPS) is 36.5. The molecule has 11 heteroatoms. The highest BCUT2D eigenvalue weighted by molar-refractivity contribution is 5.93. The number of hydrogen-bond acceptors (Lipinski definition) is 10. The number of amides is 1. The molecule has 1 heterocycles. The van der Waals surface area contributed by atoms with Crippen molar-refractivity contribution in [1.82, 2.24) is 5.32 Å². The maximum Gasteiger partial charge on any atom is 0.408 e. The Hall–Kier alpha value is -3.61. The Morgan fingerprint density at radius 1 is 0.981 bits per heavy atom. The molecule has 0 aromatic heterocycles. The summed E-state index contributed by atoms with van der Waals surface area (Å²) in [5.74, 6) is -3.14. The van der Waals surface area contributed by atoms with Gasteiger partial charge < -0.3 is 40.0 Å². The van der Waals surface area contributed by atoms with Crippen LogP contribution in [0.4, 0.5) is 4.79 Å². The van der Waals surface area contributed by atoms with E-state index in [1.54, 1.807) is 78.8 Å². The molecule has 1 saturated heterocycles. The first kappa shape index (κ1) is 38.1. The lowest BCUT2D eigenvalue weighted by molar-refractivity contribution is -0.293. The van der Waals surface area contributed by atoms with Gasteiger partial charge in [0.2, 0.25) is 0 Å². The Labute approximate surface area is 305 Å². The maximum absolute atomic E-state index is 14.8. The number of ether oxygens (including phenoxy) is 3. The zero-order valence-electron chi connectivity index (χ0n) is 31.3. The average Bonchev–Trinajstić information content (AvgIpc) is 3.07. The van der Waals surface area contributed by atoms with Crippen LogP contribution < -0.4 is 5.32 Å². The largest absolute Gasteiger partial charge is 0.456 e. The minimum Gasteiger partial charge on any atom is -0.456 e. The molecule has 4 aliphatic rings. The fourth-order valence-corrected chi connectivity index (χ4v) is 9.88. The highest BCUT2D eigenvalue weighted by atomic mass is 16.6. The van der Waals surface area contributed by atoms with E-state index in [9.17, 15) is 34.8 Å². The maximum atomic E-state index is 14.8. The molecule has 3 aliphatic carbocycles. The molecule has 2 saturated carbocycles. The molecule has 6 rings (SSSR count). The van der Waals surface area contributed by atoms with E-state index in [4.69, 9.17) is 14.2 Å². The molecular formula is C41H53NO10. The number of alkyl carbamates (subject to hydrolysis) is 1. The molecule has 0 radical (unpaired) electrons. The van der Waals surface area contributed by atoms with Crippen LogP contribution in [0.5, 0.6) is 0 Å². The summed E-state index contributed by atoms with van der Waals surface area (Å²) in [6.07, 6.45) is -7.14. The number of aliphatic hydroxyl groups is 4. The number of Topliss-reactive ketones (excluding diaryl/α,β-unsaturated/α-hetero) is 1. The van der Waals surface area contributed by atoms with Crippen molar-refractivity contribution >= 4 is 17.8 Å². The van der Waals surface area contributed by atoms with Crippen LogP contribution in [0.25, 0.3) is 0 Å². The lowest BCUT2D eigenvalue weighted by atomic mass is 9.39. The van der Waals surface area contributed by atoms with Crippen molar-refractivity contribution in [1.29, 1.82) is 0 Å². The number of carbonyl (C=O) groups excluding carboxylic acids is 3. The van der Waals surface area contributed by atoms with Crippen LogP contribution in [-0.2, 0) is 23.8 Å². The summed E-state index contributed by atoms with van der Waals surface area (Å²) >= 11 is 0. The Bertz CT molecular complexity index is 1740. The Kier molecular flexibility index (Phi) is 9.57. The van der Waals surface area contributed by atoms with Crippen molar-refractivity contribution in [2.45, 2.75) is 122 Å². The van der Waals surface area contributed by atoms with Crippen LogP contribution in [0.1, 0.15) is 91.3 Å². The molecule has 0 spiro atoms. The van der Waals surface area contributed by atoms with Gasteiger partial charge in [-0.05, 0) is 62.8 Å². The number of esters is 1. The lowest BCUT2D eigenvalue weighted by Crippen LogP contribution is -2.74. The Morgan fingerprint density at radius 3 is 2.13 bits per heavy atom. The second kappa shape index (κ2) is 13.1. The van der Waals surface area contributed by atoms with Gasteiger partial charge in [-0.15, -0.1) is 0 Å². The molecule has 2 bridgehead atoms. The van der Waals surface area contributed by atoms with E-state index in [2.05, 4.69) is 5.32 Å². The number of nitrogens with one attached hydrogen (secondary N) is 1. The van der Waals surface area contributed by atoms with Crippen molar-refractivity contribution in [3.05, 3.63) is 82.9 Å². The molecule has 282 valence electrons. The zero-order valence-corrected chi connectivity index (χ0v) is 31.3. The summed E-state index contributed by atoms with van der Waals surface area (Å²) in [4.78, 5) is 41.7. The lowest BCUT2D eigenvalue weighted by Gasteiger charge is -2.69. The van der Waals surface area contributed by atoms with Crippen LogP contribution in [0, 0.1) is 22.2 Å². The number of benzene rings is 2. The van der Waals surface area contributed by atoms with Gasteiger partial charge in [-0.3, -0.25) is 4.79 Å². The number of ketones is 1. The van der Waals surface area contributed by atoms with E-state index in [1.165, 1.54) is 0 Å². The number of aliphatic hydroxyl groups excluding tert-OH is 3. The molecule has 5 N–H and O–H groups in total. The summed E-state index contributed by atoms with van der Waals surface area (Å²) in [7, 11) is 0. The molecule has 3 fully saturated rings. The fourth-order valence-electron chi connectivity index (χ4n) is 9.88. The molecule has 52 heavy (non-hydrogen) atoms. The third kappa shape index (κ3) is 5.89. The predicted molar refractivity (Wildman–Crippen MR) is 191 cm³/mol. The first-order valence-corrected chi connectivity index (χ1v) is 18.1. The third-order valence-electron chi connectivity index (χ3n) is 12.7. The van der Waals surface area contributed by atoms with Crippen LogP contribution in [0.2, 0.25) is 0 Å². The SMILES string of the molecule is CC1=C2[C@@H](O)C(=O)[C@@]3(C)C([C@H](c4ccccc4)[C@](O)(C[C@@H]1OC(=O)[C@H](O)[C@@H](NC(=O)OC(C)(C)C)c1ccccc1)C2(C)C)[C@]1(C)CO[C@@H]1C[C@@H]3O. The number of rotatable bonds is 6. The van der Waals surface area contributed by atoms with Crippen molar-refractivity contribution in [3.8, 4) is 0 Å². The minimum absolute atomic E-state index is 0.145. The molecule has 11 atom stereocenters. The molecular weight excluding hydrogens is 666 g/mol. The average molecular weight is 720 g/mol. The van der Waals surface area contributed by atoms with Gasteiger partial charge in [0.05, 0.1) is 35.9 Å². The molecule has 2 aromatic carbocycles. The van der Waals surface area contributed by atoms with E-state index in [0.717, 1.165) is 5.56 Å². The predicted octanol–water partition coefficient (Wildman–Crippen LogP) is 4.52. The fraction of sp³-hybridized carbons (Fsp3) is 0.585. The van der Waals surface area contributed by atoms with Crippen LogP contribution in [0.15, 0.2) is 71.8 Å². The van der Waals surface area contributed by atoms with Gasteiger partial charge in [-0.25, -0.2) is 9.59 Å². The van der Waals surface area contributed by atoms with Gasteiger partial charge in [0.25, 0.3) is 0 Å². The molecule has 2 aromatic rings. The quantitative estimate of drug-likeness (QED) is 0.211. The monoisotopic (exact) mass is 719 g/mol. The van der Waals surface area contributed by atoms with E-state index in [0.29, 0.717) is 17.7 Å². The highest BCUT2D eigenvalue weighted by Crippen LogP contribution is 2.69. The number of fused-ring (bicyclic) bond motifs is 5. The number of hydrogen-bond donors (Lipinski definition) is 5. The van der Waals surface area contributed by atoms with Crippen molar-refractivity contribution in [3.63, 3.8) is 0 Å². The van der Waals surface area contributed by atoms with E-state index in [1.807, 2.05) is 37.3 Å². The van der Waals surface area contributed by atoms with Gasteiger partial charge >= 0.3 is 12.1 Å². The summed E-state index contributed by atoms with van der Waals surface area (Å²) in [6.45, 7) is 14.3. The van der Waals surface area contributed by atoms with E-state index >= 15 is 0 Å². The standard InChI is InChI=1S/C41H53NO10/c1-22-25(51-35(47)32(45)30(24-17-13-10-14-18-24)42-36(48)52-37(2,3)4)20-41(49)29(23-15-11-9-12-16-23)33-39(7)21-50-27(39)19-26(43)40(33,8)34(46)31(44)28(22)38(41,5)6/h9-18,25-27,29-33,43-45,49H,19-21H2,1-8H3,(H,42,48)/t25-,26-,27+,29-,30-,31+,32+,33?,39+,40+,41+/m0/s1. The summed E-state index contributed by atoms with van der Waals surface area (Å²) in [5.41, 5.74) is -4.25. The molecule has 1 aliphatic heterocycles. The number of carbonyl (C=O) groups is 3. The topological polar surface area (TPSA) is 172 Å². The van der Waals surface area contributed by atoms with Gasteiger partial charge in [0, 0.05) is 29.6 Å². The molecule has 1 amide bonds. The second-order valence-electron chi connectivity index (χ2n) is 17.2. The van der Waals surface area contributed by atoms with E-state index in [-0.39, 0.29) is 24.5 Å². The Balaban J connectivity index is 1.46. The summed E-state index contributed by atoms with van der Waals surface area (Å²) < 4.78 is 17.5. The smallest absolute Gasteiger partial charge is 0.408 e. The van der Waals surface area contributed by atoms with Crippen LogP contribution >= 0.6 is 0 Å². The second-order valence-corrected chi connectivity index (χ2v) is 17.2. The zero-order chi connectivity index (χ0) is 38.2. The van der Waals surface area contributed by atoms with Crippen molar-refractivity contribution in [2.24, 2.45) is 22.2 Å². The van der Waals surface area contributed by atoms with Crippen LogP contribution in [-0.4, -0.2) is 86.6 Å². The van der Waals surface area contributed by atoms with Crippen molar-refractivity contribution in [2.75, 3.05) is 6.61 Å². The molecule has 11 nitrogen and oxygen atoms in total. The molecule has 1 unspecified atom stereocenters. The third-order valence-corrected chi connectivity index (χ3v) is 12.7. The minimum atomic E-state index is -1.90. The van der Waals surface area contributed by atoms with Gasteiger partial charge in [0.1, 0.15) is 17.8 Å². The first-order chi connectivity index (χ1) is 24.2. The van der Waals surface area contributed by atoms with Crippen molar-refractivity contribution < 1.29 is 49.0 Å². The van der Waals surface area contributed by atoms with E-state index < -0.39 is 87.6 Å². The van der Waals surface area contributed by atoms with Gasteiger partial charge in [0.15, 0.2) is 11.9 Å². The van der Waals surface area contributed by atoms with Gasteiger partial charge in [-0.1, -0.05) is 81.4 Å². The highest BCUT2D eigenvalue weighted by Gasteiger charge is 2.74. The summed E-state index contributed by atoms with van der Waals surface area (Å²) in [6, 6.07) is 16.6. The van der Waals surface area contributed by atoms with Crippen LogP contribution in [0.3, 0.4) is 0 Å².